The van der Waals surface area contributed by atoms with E-state index < -0.39 is 0 Å². The van der Waals surface area contributed by atoms with Crippen molar-refractivity contribution >= 4 is 22.9 Å². The summed E-state index contributed by atoms with van der Waals surface area (Å²) in [7, 11) is 1.62. The lowest BCUT2D eigenvalue weighted by molar-refractivity contribution is 0.416. The highest BCUT2D eigenvalue weighted by Gasteiger charge is 2.21. The van der Waals surface area contributed by atoms with E-state index in [1.807, 2.05) is 30.3 Å². The number of hydrogen-bond donors (Lipinski definition) is 1. The molecule has 0 fully saturated rings. The summed E-state index contributed by atoms with van der Waals surface area (Å²) in [6.07, 6.45) is 5.97. The molecule has 1 aromatic heterocycles. The molecule has 2 aromatic carbocycles. The third-order valence-corrected chi connectivity index (χ3v) is 4.55. The molecule has 0 radical (unpaired) electrons. The Hall–Kier alpha value is -2.75. The second-order valence-electron chi connectivity index (χ2n) is 6.01. The van der Waals surface area contributed by atoms with Gasteiger partial charge in [-0.2, -0.15) is 0 Å². The van der Waals surface area contributed by atoms with Crippen LogP contribution in [0.2, 0.25) is 0 Å². The summed E-state index contributed by atoms with van der Waals surface area (Å²) < 4.78 is 11.3. The lowest BCUT2D eigenvalue weighted by Crippen LogP contribution is -1.99. The van der Waals surface area contributed by atoms with Crippen molar-refractivity contribution < 1.29 is 14.3 Å². The monoisotopic (exact) mass is 321 g/mol. The maximum absolute atomic E-state index is 10.4. The standard InChI is InChI=1S/C20H19NO3/c1-23-18-9-5-3-7-15(18)21-12-14-16(22)10-11-19-20(14)13-6-2-4-8-17(13)24-19/h3,5,7,9-12,22H,2,4,6,8H2,1H3. The van der Waals surface area contributed by atoms with Gasteiger partial charge in [0.1, 0.15) is 28.5 Å². The quantitative estimate of drug-likeness (QED) is 0.707. The Labute approximate surface area is 140 Å². The number of aryl methyl sites for hydroxylation is 2. The van der Waals surface area contributed by atoms with Crippen molar-refractivity contribution in [3.63, 3.8) is 0 Å². The van der Waals surface area contributed by atoms with Gasteiger partial charge in [-0.1, -0.05) is 12.1 Å². The van der Waals surface area contributed by atoms with Crippen molar-refractivity contribution in [3.05, 3.63) is 53.3 Å². The molecule has 0 unspecified atom stereocenters. The number of phenolic OH excluding ortho intramolecular Hbond substituents is 1. The summed E-state index contributed by atoms with van der Waals surface area (Å²) in [6.45, 7) is 0. The molecular formula is C20H19NO3. The minimum absolute atomic E-state index is 0.218. The number of fused-ring (bicyclic) bond motifs is 3. The van der Waals surface area contributed by atoms with Gasteiger partial charge < -0.3 is 14.3 Å². The van der Waals surface area contributed by atoms with E-state index >= 15 is 0 Å². The summed E-state index contributed by atoms with van der Waals surface area (Å²) in [5.41, 5.74) is 3.48. The number of hydrogen-bond acceptors (Lipinski definition) is 4. The van der Waals surface area contributed by atoms with Gasteiger partial charge in [-0.15, -0.1) is 0 Å². The van der Waals surface area contributed by atoms with Crippen LogP contribution in [0, 0.1) is 0 Å². The third-order valence-electron chi connectivity index (χ3n) is 4.55. The zero-order valence-corrected chi connectivity index (χ0v) is 13.6. The topological polar surface area (TPSA) is 55.0 Å². The number of aromatic hydroxyl groups is 1. The van der Waals surface area contributed by atoms with Crippen molar-refractivity contribution in [3.8, 4) is 11.5 Å². The predicted molar refractivity (Wildman–Crippen MR) is 94.8 cm³/mol. The number of para-hydroxylation sites is 2. The zero-order chi connectivity index (χ0) is 16.5. The van der Waals surface area contributed by atoms with Crippen LogP contribution in [0.25, 0.3) is 11.0 Å². The lowest BCUT2D eigenvalue weighted by atomic mass is 9.94. The van der Waals surface area contributed by atoms with Crippen molar-refractivity contribution in [2.75, 3.05) is 7.11 Å². The van der Waals surface area contributed by atoms with Crippen molar-refractivity contribution in [2.24, 2.45) is 4.99 Å². The molecule has 1 N–H and O–H groups in total. The number of phenols is 1. The smallest absolute Gasteiger partial charge is 0.144 e. The van der Waals surface area contributed by atoms with E-state index in [0.717, 1.165) is 48.1 Å². The number of benzene rings is 2. The molecule has 0 atom stereocenters. The summed E-state index contributed by atoms with van der Waals surface area (Å²) >= 11 is 0. The molecule has 0 saturated carbocycles. The first-order chi connectivity index (χ1) is 11.8. The Balaban J connectivity index is 1.85. The van der Waals surface area contributed by atoms with Crippen LogP contribution < -0.4 is 4.74 Å². The molecule has 0 bridgehead atoms. The molecule has 4 nitrogen and oxygen atoms in total. The van der Waals surface area contributed by atoms with Gasteiger partial charge in [0, 0.05) is 29.1 Å². The number of methoxy groups -OCH3 is 1. The number of ether oxygens (including phenoxy) is 1. The molecule has 0 aliphatic heterocycles. The fourth-order valence-electron chi connectivity index (χ4n) is 3.37. The van der Waals surface area contributed by atoms with Gasteiger partial charge in [0.05, 0.1) is 7.11 Å². The van der Waals surface area contributed by atoms with Gasteiger partial charge in [-0.05, 0) is 43.5 Å². The fourth-order valence-corrected chi connectivity index (χ4v) is 3.37. The molecule has 1 heterocycles. The molecule has 122 valence electrons. The normalized spacial score (nSPS) is 14.2. The summed E-state index contributed by atoms with van der Waals surface area (Å²) in [5, 5.41) is 11.4. The minimum Gasteiger partial charge on any atom is -0.507 e. The van der Waals surface area contributed by atoms with Crippen LogP contribution in [0.5, 0.6) is 11.5 Å². The highest BCUT2D eigenvalue weighted by molar-refractivity contribution is 6.03. The van der Waals surface area contributed by atoms with E-state index in [0.29, 0.717) is 11.3 Å². The van der Waals surface area contributed by atoms with Gasteiger partial charge in [0.2, 0.25) is 0 Å². The minimum atomic E-state index is 0.218. The van der Waals surface area contributed by atoms with Gasteiger partial charge >= 0.3 is 0 Å². The first-order valence-electron chi connectivity index (χ1n) is 8.21. The Morgan fingerprint density at radius 3 is 2.83 bits per heavy atom. The molecule has 0 amide bonds. The van der Waals surface area contributed by atoms with Gasteiger partial charge in [0.15, 0.2) is 0 Å². The number of nitrogens with zero attached hydrogens (tertiary/aromatic N) is 1. The summed E-state index contributed by atoms with van der Waals surface area (Å²) in [6, 6.07) is 11.1. The highest BCUT2D eigenvalue weighted by atomic mass is 16.5. The molecule has 3 aromatic rings. The van der Waals surface area contributed by atoms with Crippen LogP contribution in [0.15, 0.2) is 45.8 Å². The number of aliphatic imine (C=N–C) groups is 1. The average molecular weight is 321 g/mol. The average Bonchev–Trinajstić information content (AvgIpc) is 3.00. The number of rotatable bonds is 3. The van der Waals surface area contributed by atoms with Crippen LogP contribution in [0.4, 0.5) is 5.69 Å². The first kappa shape index (κ1) is 14.8. The predicted octanol–water partition coefficient (Wildman–Crippen LogP) is 4.78. The van der Waals surface area contributed by atoms with E-state index in [-0.39, 0.29) is 5.75 Å². The van der Waals surface area contributed by atoms with Crippen LogP contribution >= 0.6 is 0 Å². The Morgan fingerprint density at radius 1 is 1.12 bits per heavy atom. The largest absolute Gasteiger partial charge is 0.507 e. The maximum atomic E-state index is 10.4. The molecule has 1 aliphatic rings. The van der Waals surface area contributed by atoms with Crippen LogP contribution in [0.1, 0.15) is 29.7 Å². The van der Waals surface area contributed by atoms with Crippen LogP contribution in [0.3, 0.4) is 0 Å². The fraction of sp³-hybridized carbons (Fsp3) is 0.250. The summed E-state index contributed by atoms with van der Waals surface area (Å²) in [5.74, 6) is 1.97. The van der Waals surface area contributed by atoms with E-state index in [4.69, 9.17) is 9.15 Å². The highest BCUT2D eigenvalue weighted by Crippen LogP contribution is 2.37. The van der Waals surface area contributed by atoms with Crippen molar-refractivity contribution in [2.45, 2.75) is 25.7 Å². The number of furan rings is 1. The van der Waals surface area contributed by atoms with E-state index in [2.05, 4.69) is 4.99 Å². The van der Waals surface area contributed by atoms with Crippen molar-refractivity contribution in [1.82, 2.24) is 0 Å². The SMILES string of the molecule is COc1ccccc1N=Cc1c(O)ccc2oc3c(c12)CCCC3. The summed E-state index contributed by atoms with van der Waals surface area (Å²) in [4.78, 5) is 4.54. The second kappa shape index (κ2) is 6.04. The Bertz CT molecular complexity index is 924. The molecule has 4 heteroatoms. The van der Waals surface area contributed by atoms with Crippen LogP contribution in [-0.2, 0) is 12.8 Å². The molecule has 0 saturated heterocycles. The molecule has 0 spiro atoms. The zero-order valence-electron chi connectivity index (χ0n) is 13.6. The second-order valence-corrected chi connectivity index (χ2v) is 6.01. The van der Waals surface area contributed by atoms with E-state index in [1.165, 1.54) is 5.56 Å². The molecule has 24 heavy (non-hydrogen) atoms. The lowest BCUT2D eigenvalue weighted by Gasteiger charge is -2.10. The molecule has 1 aliphatic carbocycles. The third kappa shape index (κ3) is 2.44. The van der Waals surface area contributed by atoms with Crippen molar-refractivity contribution in [1.29, 1.82) is 0 Å². The maximum Gasteiger partial charge on any atom is 0.144 e. The van der Waals surface area contributed by atoms with Gasteiger partial charge in [-0.25, -0.2) is 0 Å². The Kier molecular flexibility index (Phi) is 3.73. The van der Waals surface area contributed by atoms with Gasteiger partial charge in [0.25, 0.3) is 0 Å². The van der Waals surface area contributed by atoms with E-state index in [1.54, 1.807) is 19.4 Å². The van der Waals surface area contributed by atoms with E-state index in [9.17, 15) is 5.11 Å². The van der Waals surface area contributed by atoms with Crippen LogP contribution in [-0.4, -0.2) is 18.4 Å². The van der Waals surface area contributed by atoms with Gasteiger partial charge in [-0.3, -0.25) is 4.99 Å². The first-order valence-corrected chi connectivity index (χ1v) is 8.21. The molecule has 4 rings (SSSR count). The molecular weight excluding hydrogens is 302 g/mol. The Morgan fingerprint density at radius 2 is 1.96 bits per heavy atom.